The Bertz CT molecular complexity index is 416. The summed E-state index contributed by atoms with van der Waals surface area (Å²) in [7, 11) is 1.61. The van der Waals surface area contributed by atoms with E-state index in [0.29, 0.717) is 17.4 Å². The number of carboxylic acids is 1. The molecule has 0 aliphatic heterocycles. The molecule has 0 saturated carbocycles. The first-order valence-electron chi connectivity index (χ1n) is 5.98. The summed E-state index contributed by atoms with van der Waals surface area (Å²) in [5, 5.41) is 9.58. The predicted molar refractivity (Wildman–Crippen MR) is 72.3 cm³/mol. The summed E-state index contributed by atoms with van der Waals surface area (Å²) >= 11 is 5.97. The van der Waals surface area contributed by atoms with Crippen molar-refractivity contribution >= 4 is 17.6 Å². The van der Waals surface area contributed by atoms with E-state index in [1.165, 1.54) is 0 Å². The summed E-state index contributed by atoms with van der Waals surface area (Å²) in [5.74, 6) is 0.366. The van der Waals surface area contributed by atoms with Crippen molar-refractivity contribution in [3.8, 4) is 5.75 Å². The number of rotatable bonds is 6. The van der Waals surface area contributed by atoms with Gasteiger partial charge >= 0.3 is 5.97 Å². The van der Waals surface area contributed by atoms with E-state index >= 15 is 0 Å². The maximum Gasteiger partial charge on any atom is 0.303 e. The third kappa shape index (κ3) is 4.22. The molecule has 1 aromatic rings. The zero-order valence-corrected chi connectivity index (χ0v) is 11.7. The molecule has 0 aliphatic rings. The van der Waals surface area contributed by atoms with Gasteiger partial charge in [-0.05, 0) is 42.0 Å². The van der Waals surface area contributed by atoms with Crippen LogP contribution in [-0.2, 0) is 11.2 Å². The van der Waals surface area contributed by atoms with Gasteiger partial charge in [0, 0.05) is 11.4 Å². The van der Waals surface area contributed by atoms with Crippen LogP contribution in [0.2, 0.25) is 5.02 Å². The largest absolute Gasteiger partial charge is 0.496 e. The maximum absolute atomic E-state index is 10.9. The predicted octanol–water partition coefficient (Wildman–Crippen LogP) is 3.64. The van der Waals surface area contributed by atoms with Crippen molar-refractivity contribution in [2.45, 2.75) is 26.7 Å². The van der Waals surface area contributed by atoms with Crippen molar-refractivity contribution in [3.05, 3.63) is 28.8 Å². The summed E-state index contributed by atoms with van der Waals surface area (Å²) in [6.07, 6.45) is 0.820. The molecule has 0 bridgehead atoms. The standard InChI is InChI=1S/C14H19ClO3/c1-9(2)10(8-14(16)17)6-11-7-12(15)4-5-13(11)18-3/h4-5,7,9-10H,6,8H2,1-3H3,(H,16,17). The van der Waals surface area contributed by atoms with Crippen LogP contribution in [0.25, 0.3) is 0 Å². The molecule has 100 valence electrons. The summed E-state index contributed by atoms with van der Waals surface area (Å²) < 4.78 is 5.28. The zero-order valence-electron chi connectivity index (χ0n) is 10.9. The molecule has 0 aromatic heterocycles. The second-order valence-corrected chi connectivity index (χ2v) is 5.20. The van der Waals surface area contributed by atoms with E-state index in [4.69, 9.17) is 21.4 Å². The van der Waals surface area contributed by atoms with Gasteiger partial charge in [0.05, 0.1) is 7.11 Å². The monoisotopic (exact) mass is 270 g/mol. The van der Waals surface area contributed by atoms with Crippen LogP contribution >= 0.6 is 11.6 Å². The summed E-state index contributed by atoms with van der Waals surface area (Å²) in [6, 6.07) is 5.43. The molecule has 0 spiro atoms. The Kier molecular flexibility index (Phi) is 5.48. The average Bonchev–Trinajstić information content (AvgIpc) is 2.27. The number of hydrogen-bond donors (Lipinski definition) is 1. The summed E-state index contributed by atoms with van der Waals surface area (Å²) in [4.78, 5) is 10.9. The number of ether oxygens (including phenoxy) is 1. The first kappa shape index (κ1) is 14.8. The van der Waals surface area contributed by atoms with Crippen LogP contribution in [0.4, 0.5) is 0 Å². The second kappa shape index (κ2) is 6.64. The molecule has 1 aromatic carbocycles. The quantitative estimate of drug-likeness (QED) is 0.858. The summed E-state index contributed by atoms with van der Waals surface area (Å²) in [5.41, 5.74) is 0.963. The van der Waals surface area contributed by atoms with E-state index in [2.05, 4.69) is 0 Å². The fourth-order valence-electron chi connectivity index (χ4n) is 1.96. The summed E-state index contributed by atoms with van der Waals surface area (Å²) in [6.45, 7) is 4.06. The van der Waals surface area contributed by atoms with Crippen LogP contribution in [0, 0.1) is 11.8 Å². The highest BCUT2D eigenvalue weighted by atomic mass is 35.5. The maximum atomic E-state index is 10.9. The number of carbonyl (C=O) groups is 1. The minimum Gasteiger partial charge on any atom is -0.496 e. The number of methoxy groups -OCH3 is 1. The molecule has 18 heavy (non-hydrogen) atoms. The van der Waals surface area contributed by atoms with E-state index in [-0.39, 0.29) is 12.3 Å². The van der Waals surface area contributed by atoms with Crippen molar-refractivity contribution in [3.63, 3.8) is 0 Å². The van der Waals surface area contributed by atoms with Crippen LogP contribution in [0.1, 0.15) is 25.8 Å². The lowest BCUT2D eigenvalue weighted by Crippen LogP contribution is -2.17. The van der Waals surface area contributed by atoms with E-state index in [9.17, 15) is 4.79 Å². The lowest BCUT2D eigenvalue weighted by molar-refractivity contribution is -0.138. The molecule has 3 nitrogen and oxygen atoms in total. The average molecular weight is 271 g/mol. The molecule has 1 unspecified atom stereocenters. The van der Waals surface area contributed by atoms with Gasteiger partial charge in [0.1, 0.15) is 5.75 Å². The van der Waals surface area contributed by atoms with Gasteiger partial charge in [-0.3, -0.25) is 4.79 Å². The number of benzene rings is 1. The van der Waals surface area contributed by atoms with Crippen LogP contribution in [-0.4, -0.2) is 18.2 Å². The van der Waals surface area contributed by atoms with E-state index in [1.54, 1.807) is 13.2 Å². The van der Waals surface area contributed by atoms with Gasteiger partial charge in [-0.15, -0.1) is 0 Å². The molecular weight excluding hydrogens is 252 g/mol. The molecule has 0 aliphatic carbocycles. The molecule has 0 fully saturated rings. The molecule has 1 atom stereocenters. The Labute approximate surface area is 113 Å². The van der Waals surface area contributed by atoms with Gasteiger partial charge in [0.2, 0.25) is 0 Å². The first-order valence-corrected chi connectivity index (χ1v) is 6.36. The minimum absolute atomic E-state index is 0.0786. The molecule has 0 saturated heterocycles. The van der Waals surface area contributed by atoms with Crippen molar-refractivity contribution in [2.24, 2.45) is 11.8 Å². The molecular formula is C14H19ClO3. The Morgan fingerprint density at radius 2 is 2.11 bits per heavy atom. The number of halogens is 1. The van der Waals surface area contributed by atoms with Crippen LogP contribution < -0.4 is 4.74 Å². The number of hydrogen-bond acceptors (Lipinski definition) is 2. The topological polar surface area (TPSA) is 46.5 Å². The zero-order chi connectivity index (χ0) is 13.7. The van der Waals surface area contributed by atoms with Crippen molar-refractivity contribution in [2.75, 3.05) is 7.11 Å². The molecule has 1 rings (SSSR count). The fraction of sp³-hybridized carbons (Fsp3) is 0.500. The van der Waals surface area contributed by atoms with Crippen LogP contribution in [0.3, 0.4) is 0 Å². The van der Waals surface area contributed by atoms with Gasteiger partial charge in [-0.25, -0.2) is 0 Å². The number of carboxylic acid groups (broad SMARTS) is 1. The highest BCUT2D eigenvalue weighted by Gasteiger charge is 2.19. The van der Waals surface area contributed by atoms with E-state index in [0.717, 1.165) is 11.3 Å². The van der Waals surface area contributed by atoms with Gasteiger partial charge in [-0.1, -0.05) is 25.4 Å². The van der Waals surface area contributed by atoms with Gasteiger partial charge in [0.25, 0.3) is 0 Å². The Morgan fingerprint density at radius 3 is 2.61 bits per heavy atom. The molecule has 0 radical (unpaired) electrons. The molecule has 1 N–H and O–H groups in total. The Balaban J connectivity index is 2.92. The van der Waals surface area contributed by atoms with E-state index < -0.39 is 5.97 Å². The van der Waals surface area contributed by atoms with Crippen molar-refractivity contribution in [1.29, 1.82) is 0 Å². The van der Waals surface area contributed by atoms with Crippen molar-refractivity contribution < 1.29 is 14.6 Å². The molecule has 0 heterocycles. The third-order valence-corrected chi connectivity index (χ3v) is 3.34. The van der Waals surface area contributed by atoms with Crippen LogP contribution in [0.15, 0.2) is 18.2 Å². The van der Waals surface area contributed by atoms with Gasteiger partial charge in [0.15, 0.2) is 0 Å². The smallest absolute Gasteiger partial charge is 0.303 e. The second-order valence-electron chi connectivity index (χ2n) is 4.76. The third-order valence-electron chi connectivity index (χ3n) is 3.10. The lowest BCUT2D eigenvalue weighted by Gasteiger charge is -2.20. The fourth-order valence-corrected chi connectivity index (χ4v) is 2.15. The first-order chi connectivity index (χ1) is 8.43. The highest BCUT2D eigenvalue weighted by molar-refractivity contribution is 6.30. The van der Waals surface area contributed by atoms with E-state index in [1.807, 2.05) is 26.0 Å². The number of aliphatic carboxylic acids is 1. The van der Waals surface area contributed by atoms with Crippen molar-refractivity contribution in [1.82, 2.24) is 0 Å². The molecule has 0 amide bonds. The highest BCUT2D eigenvalue weighted by Crippen LogP contribution is 2.28. The lowest BCUT2D eigenvalue weighted by atomic mass is 9.86. The van der Waals surface area contributed by atoms with Crippen LogP contribution in [0.5, 0.6) is 5.75 Å². The normalized spacial score (nSPS) is 12.5. The van der Waals surface area contributed by atoms with Gasteiger partial charge in [-0.2, -0.15) is 0 Å². The van der Waals surface area contributed by atoms with Gasteiger partial charge < -0.3 is 9.84 Å². The SMILES string of the molecule is COc1ccc(Cl)cc1CC(CC(=O)O)C(C)C. The molecule has 4 heteroatoms. The Hall–Kier alpha value is -1.22. The minimum atomic E-state index is -0.769. The Morgan fingerprint density at radius 1 is 1.44 bits per heavy atom.